The van der Waals surface area contributed by atoms with Crippen molar-refractivity contribution < 1.29 is 4.79 Å². The number of aromatic nitrogens is 2. The summed E-state index contributed by atoms with van der Waals surface area (Å²) < 4.78 is 0. The molecular weight excluding hydrogens is 202 g/mol. The minimum Gasteiger partial charge on any atom is -0.355 e. The number of nitrogens with one attached hydrogen (secondary N) is 2. The number of H-pyrrole nitrogens is 1. The summed E-state index contributed by atoms with van der Waals surface area (Å²) in [6.07, 6.45) is 4.45. The molecule has 1 aromatic heterocycles. The van der Waals surface area contributed by atoms with Gasteiger partial charge in [-0.1, -0.05) is 13.8 Å². The number of nitrogens with zero attached hydrogens (tertiary/aromatic N) is 1. The molecule has 0 aromatic carbocycles. The van der Waals surface area contributed by atoms with Crippen LogP contribution in [0.15, 0.2) is 6.20 Å². The highest BCUT2D eigenvalue weighted by atomic mass is 16.1. The Labute approximate surface area is 96.9 Å². The lowest BCUT2D eigenvalue weighted by Crippen LogP contribution is -2.31. The van der Waals surface area contributed by atoms with Crippen molar-refractivity contribution in [1.29, 1.82) is 0 Å². The summed E-state index contributed by atoms with van der Waals surface area (Å²) in [5.74, 6) is 1.24. The number of amides is 1. The maximum Gasteiger partial charge on any atom is 0.223 e. The quantitative estimate of drug-likeness (QED) is 0.772. The minimum absolute atomic E-state index is 0.156. The maximum absolute atomic E-state index is 11.7. The van der Waals surface area contributed by atoms with Crippen molar-refractivity contribution in [2.45, 2.75) is 40.0 Å². The van der Waals surface area contributed by atoms with Crippen LogP contribution in [0.5, 0.6) is 0 Å². The largest absolute Gasteiger partial charge is 0.355 e. The zero-order valence-corrected chi connectivity index (χ0v) is 10.3. The Kier molecular flexibility index (Phi) is 5.02. The zero-order chi connectivity index (χ0) is 12.0. The summed E-state index contributed by atoms with van der Waals surface area (Å²) in [6, 6.07) is 0. The van der Waals surface area contributed by atoms with E-state index >= 15 is 0 Å². The van der Waals surface area contributed by atoms with Gasteiger partial charge >= 0.3 is 0 Å². The molecule has 0 unspecified atom stereocenters. The molecule has 1 heterocycles. The molecule has 0 saturated carbocycles. The molecule has 90 valence electrons. The van der Waals surface area contributed by atoms with Gasteiger partial charge in [-0.05, 0) is 19.8 Å². The summed E-state index contributed by atoms with van der Waals surface area (Å²) in [5, 5.41) is 2.96. The van der Waals surface area contributed by atoms with E-state index < -0.39 is 0 Å². The summed E-state index contributed by atoms with van der Waals surface area (Å²) >= 11 is 0. The van der Waals surface area contributed by atoms with Gasteiger partial charge in [0.2, 0.25) is 5.91 Å². The summed E-state index contributed by atoms with van der Waals surface area (Å²) in [7, 11) is 0. The lowest BCUT2D eigenvalue weighted by Gasteiger charge is -2.12. The molecular formula is C12H21N3O. The van der Waals surface area contributed by atoms with E-state index in [2.05, 4.69) is 15.3 Å². The van der Waals surface area contributed by atoms with Crippen LogP contribution >= 0.6 is 0 Å². The molecule has 0 bridgehead atoms. The number of hydrogen-bond acceptors (Lipinski definition) is 2. The van der Waals surface area contributed by atoms with E-state index in [1.807, 2.05) is 27.0 Å². The highest BCUT2D eigenvalue weighted by Gasteiger charge is 2.12. The molecule has 4 nitrogen and oxygen atoms in total. The van der Waals surface area contributed by atoms with Crippen molar-refractivity contribution in [3.63, 3.8) is 0 Å². The van der Waals surface area contributed by atoms with Gasteiger partial charge in [0.05, 0.1) is 0 Å². The van der Waals surface area contributed by atoms with Crippen molar-refractivity contribution in [2.24, 2.45) is 5.92 Å². The molecule has 1 amide bonds. The zero-order valence-electron chi connectivity index (χ0n) is 10.3. The van der Waals surface area contributed by atoms with Crippen LogP contribution in [0.2, 0.25) is 0 Å². The number of carbonyl (C=O) groups excluding carboxylic acids is 1. The van der Waals surface area contributed by atoms with E-state index in [9.17, 15) is 4.79 Å². The molecule has 4 heteroatoms. The second kappa shape index (κ2) is 6.30. The SMILES string of the molecule is CCC(CC)C(=O)NCCc1cnc(C)[nH]1. The molecule has 0 spiro atoms. The molecule has 0 aliphatic rings. The average molecular weight is 223 g/mol. The molecule has 2 N–H and O–H groups in total. The van der Waals surface area contributed by atoms with Crippen LogP contribution in [0.25, 0.3) is 0 Å². The first-order valence-corrected chi connectivity index (χ1v) is 5.95. The smallest absolute Gasteiger partial charge is 0.223 e. The third kappa shape index (κ3) is 3.68. The fourth-order valence-electron chi connectivity index (χ4n) is 1.72. The highest BCUT2D eigenvalue weighted by Crippen LogP contribution is 2.06. The topological polar surface area (TPSA) is 57.8 Å². The van der Waals surface area contributed by atoms with Gasteiger partial charge in [-0.25, -0.2) is 4.98 Å². The van der Waals surface area contributed by atoms with E-state index in [-0.39, 0.29) is 11.8 Å². The Morgan fingerprint density at radius 2 is 2.19 bits per heavy atom. The molecule has 1 rings (SSSR count). The maximum atomic E-state index is 11.7. The lowest BCUT2D eigenvalue weighted by molar-refractivity contribution is -0.125. The van der Waals surface area contributed by atoms with Gasteiger partial charge in [0, 0.05) is 30.8 Å². The molecule has 16 heavy (non-hydrogen) atoms. The van der Waals surface area contributed by atoms with Crippen molar-refractivity contribution in [3.8, 4) is 0 Å². The Balaban J connectivity index is 2.27. The van der Waals surface area contributed by atoms with Crippen LogP contribution < -0.4 is 5.32 Å². The van der Waals surface area contributed by atoms with Crippen molar-refractivity contribution in [2.75, 3.05) is 6.54 Å². The van der Waals surface area contributed by atoms with Gasteiger partial charge in [0.1, 0.15) is 5.82 Å². The highest BCUT2D eigenvalue weighted by molar-refractivity contribution is 5.78. The normalized spacial score (nSPS) is 10.8. The monoisotopic (exact) mass is 223 g/mol. The Morgan fingerprint density at radius 3 is 2.69 bits per heavy atom. The fraction of sp³-hybridized carbons (Fsp3) is 0.667. The molecule has 0 fully saturated rings. The third-order valence-corrected chi connectivity index (χ3v) is 2.81. The fourth-order valence-corrected chi connectivity index (χ4v) is 1.72. The summed E-state index contributed by atoms with van der Waals surface area (Å²) in [4.78, 5) is 18.9. The second-order valence-corrected chi connectivity index (χ2v) is 4.05. The van der Waals surface area contributed by atoms with E-state index in [0.717, 1.165) is 30.8 Å². The number of rotatable bonds is 6. The van der Waals surface area contributed by atoms with E-state index in [4.69, 9.17) is 0 Å². The van der Waals surface area contributed by atoms with Crippen LogP contribution in [0.1, 0.15) is 38.2 Å². The van der Waals surface area contributed by atoms with Crippen LogP contribution in [-0.2, 0) is 11.2 Å². The number of imidazole rings is 1. The van der Waals surface area contributed by atoms with Gasteiger partial charge in [-0.15, -0.1) is 0 Å². The van der Waals surface area contributed by atoms with Crippen LogP contribution in [0, 0.1) is 12.8 Å². The predicted molar refractivity (Wildman–Crippen MR) is 64.1 cm³/mol. The van der Waals surface area contributed by atoms with E-state index in [1.165, 1.54) is 0 Å². The van der Waals surface area contributed by atoms with Crippen LogP contribution in [0.3, 0.4) is 0 Å². The van der Waals surface area contributed by atoms with Crippen LogP contribution in [-0.4, -0.2) is 22.4 Å². The summed E-state index contributed by atoms with van der Waals surface area (Å²) in [5.41, 5.74) is 1.07. The van der Waals surface area contributed by atoms with E-state index in [1.54, 1.807) is 0 Å². The molecule has 0 saturated heterocycles. The first kappa shape index (κ1) is 12.7. The average Bonchev–Trinajstić information content (AvgIpc) is 2.66. The van der Waals surface area contributed by atoms with Gasteiger partial charge in [-0.2, -0.15) is 0 Å². The van der Waals surface area contributed by atoms with Gasteiger partial charge in [0.25, 0.3) is 0 Å². The van der Waals surface area contributed by atoms with Crippen molar-refractivity contribution in [3.05, 3.63) is 17.7 Å². The van der Waals surface area contributed by atoms with Crippen LogP contribution in [0.4, 0.5) is 0 Å². The van der Waals surface area contributed by atoms with Crippen molar-refractivity contribution in [1.82, 2.24) is 15.3 Å². The second-order valence-electron chi connectivity index (χ2n) is 4.05. The number of carbonyl (C=O) groups is 1. The van der Waals surface area contributed by atoms with Gasteiger partial charge in [-0.3, -0.25) is 4.79 Å². The molecule has 0 aliphatic carbocycles. The number of aryl methyl sites for hydroxylation is 1. The minimum atomic E-state index is 0.156. The Hall–Kier alpha value is -1.32. The first-order valence-electron chi connectivity index (χ1n) is 5.95. The number of aromatic amines is 1. The Morgan fingerprint density at radius 1 is 1.50 bits per heavy atom. The van der Waals surface area contributed by atoms with E-state index in [0.29, 0.717) is 6.54 Å². The standard InChI is InChI=1S/C12H21N3O/c1-4-10(5-2)12(16)13-7-6-11-8-14-9(3)15-11/h8,10H,4-7H2,1-3H3,(H,13,16)(H,14,15). The van der Waals surface area contributed by atoms with Crippen molar-refractivity contribution >= 4 is 5.91 Å². The third-order valence-electron chi connectivity index (χ3n) is 2.81. The van der Waals surface area contributed by atoms with Gasteiger partial charge in [0.15, 0.2) is 0 Å². The molecule has 0 radical (unpaired) electrons. The van der Waals surface area contributed by atoms with Gasteiger partial charge < -0.3 is 10.3 Å². The summed E-state index contributed by atoms with van der Waals surface area (Å²) in [6.45, 7) is 6.70. The molecule has 0 aliphatic heterocycles. The predicted octanol–water partition coefficient (Wildman–Crippen LogP) is 1.81. The first-order chi connectivity index (χ1) is 7.67. The molecule has 0 atom stereocenters. The molecule has 1 aromatic rings. The Bertz CT molecular complexity index is 329. The lowest BCUT2D eigenvalue weighted by atomic mass is 10.0. The number of hydrogen-bond donors (Lipinski definition) is 2.